The van der Waals surface area contributed by atoms with Gasteiger partial charge in [0.05, 0.1) is 5.57 Å². The predicted octanol–water partition coefficient (Wildman–Crippen LogP) is 4.13. The largest absolute Gasteiger partial charge is 0.361 e. The van der Waals surface area contributed by atoms with Crippen LogP contribution in [-0.2, 0) is 40.7 Å². The number of hydrogen-bond acceptors (Lipinski definition) is 14. The molecule has 6 aromatic rings. The van der Waals surface area contributed by atoms with Gasteiger partial charge in [-0.1, -0.05) is 121 Å². The van der Waals surface area contributed by atoms with E-state index in [4.69, 9.17) is 0 Å². The van der Waals surface area contributed by atoms with Crippen molar-refractivity contribution < 1.29 is 51.9 Å². The lowest BCUT2D eigenvalue weighted by Crippen LogP contribution is -2.44. The quantitative estimate of drug-likeness (QED) is 0.141. The normalized spacial score (nSPS) is 15.4. The number of allylic oxidation sites excluding steroid dienone is 1. The Labute approximate surface area is 330 Å². The molecule has 4 aromatic carbocycles. The fourth-order valence-corrected chi connectivity index (χ4v) is 10.7. The van der Waals surface area contributed by atoms with Crippen LogP contribution in [0.3, 0.4) is 0 Å². The third kappa shape index (κ3) is 7.74. The van der Waals surface area contributed by atoms with Crippen LogP contribution in [0, 0.1) is 0 Å². The van der Waals surface area contributed by atoms with Crippen LogP contribution in [0.5, 0.6) is 0 Å². The van der Waals surface area contributed by atoms with E-state index in [-0.39, 0.29) is 33.9 Å². The molecule has 0 spiro atoms. The van der Waals surface area contributed by atoms with Gasteiger partial charge in [0.1, 0.15) is 38.6 Å². The van der Waals surface area contributed by atoms with Crippen LogP contribution >= 0.6 is 0 Å². The van der Waals surface area contributed by atoms with E-state index in [2.05, 4.69) is 30.4 Å². The Bertz CT molecular complexity index is 3110. The van der Waals surface area contributed by atoms with Crippen LogP contribution in [0.25, 0.3) is 50.6 Å². The summed E-state index contributed by atoms with van der Waals surface area (Å²) >= 11 is 0. The zero-order valence-electron chi connectivity index (χ0n) is 28.9. The van der Waals surface area contributed by atoms with Gasteiger partial charge in [0, 0.05) is 22.3 Å². The summed E-state index contributed by atoms with van der Waals surface area (Å²) < 4.78 is 149. The highest BCUT2D eigenvalue weighted by molar-refractivity contribution is 7.95. The van der Waals surface area contributed by atoms with Gasteiger partial charge in [0.2, 0.25) is 0 Å². The number of hydrogen-bond donors (Lipinski definition) is 4. The van der Waals surface area contributed by atoms with Crippen LogP contribution in [-0.4, -0.2) is 86.6 Å². The van der Waals surface area contributed by atoms with Crippen molar-refractivity contribution >= 4 is 46.2 Å². The highest BCUT2D eigenvalue weighted by Gasteiger charge is 2.55. The molecular formula is C35H25N7O12S4. The van der Waals surface area contributed by atoms with Crippen LogP contribution in [0.4, 0.5) is 0 Å². The summed E-state index contributed by atoms with van der Waals surface area (Å²) in [7, 11) is -24.9. The lowest BCUT2D eigenvalue weighted by Gasteiger charge is -2.35. The molecule has 0 amide bonds. The molecule has 0 saturated heterocycles. The fourth-order valence-electron chi connectivity index (χ4n) is 6.15. The van der Waals surface area contributed by atoms with Gasteiger partial charge in [-0.2, -0.15) is 33.7 Å². The summed E-state index contributed by atoms with van der Waals surface area (Å²) in [6.07, 6.45) is 0. The van der Waals surface area contributed by atoms with Gasteiger partial charge in [-0.15, -0.1) is 20.4 Å². The smallest absolute Gasteiger partial charge is 0.282 e. The van der Waals surface area contributed by atoms with E-state index in [0.29, 0.717) is 11.1 Å². The fraction of sp³-hybridized carbons (Fsp3) is 0.0286. The van der Waals surface area contributed by atoms with E-state index in [1.54, 1.807) is 97.1 Å². The Hall–Kier alpha value is -6.18. The topological polar surface area (TPSA) is 298 Å². The molecule has 1 atom stereocenters. The average Bonchev–Trinajstić information content (AvgIpc) is 3.19. The molecule has 3 heterocycles. The maximum Gasteiger partial charge on any atom is 0.361 e. The Morgan fingerprint density at radius 1 is 0.448 bits per heavy atom. The van der Waals surface area contributed by atoms with Gasteiger partial charge in [-0.3, -0.25) is 18.2 Å². The third-order valence-electron chi connectivity index (χ3n) is 8.43. The highest BCUT2D eigenvalue weighted by Crippen LogP contribution is 2.50. The minimum Gasteiger partial charge on any atom is -0.282 e. The van der Waals surface area contributed by atoms with Gasteiger partial charge < -0.3 is 0 Å². The molecular weight excluding hydrogens is 839 g/mol. The standard InChI is InChI=1S/C35H25N7O12S4/c43-55(44,45)31-25(33-36-26(21-13-5-1-6-14-21)28(38-40-33)23-17-9-3-10-18-23)32(56(46,47)48)35(57(49,50)51)42(58(52,53)54)30(31)34-37-27(22-15-7-2-8-16-22)29(39-41-34)24-19-11-4-12-20-24/h1-20,30H,(H,43,44,45)(H,46,47,48)(H,49,50,51)(H,52,53,54). The van der Waals surface area contributed by atoms with E-state index >= 15 is 0 Å². The van der Waals surface area contributed by atoms with Crippen LogP contribution in [0.2, 0.25) is 0 Å². The van der Waals surface area contributed by atoms with Crippen LogP contribution in [0.1, 0.15) is 17.7 Å². The summed E-state index contributed by atoms with van der Waals surface area (Å²) in [4.78, 5) is 4.70. The van der Waals surface area contributed by atoms with E-state index < -0.39 is 83.1 Å². The van der Waals surface area contributed by atoms with Crippen molar-refractivity contribution in [3.8, 4) is 45.0 Å². The molecule has 1 aliphatic rings. The molecule has 23 heteroatoms. The molecule has 0 fully saturated rings. The van der Waals surface area contributed by atoms with Crippen molar-refractivity contribution in [2.24, 2.45) is 0 Å². The Morgan fingerprint density at radius 2 is 0.845 bits per heavy atom. The minimum atomic E-state index is -6.30. The zero-order valence-corrected chi connectivity index (χ0v) is 32.2. The van der Waals surface area contributed by atoms with Crippen LogP contribution in [0.15, 0.2) is 136 Å². The minimum absolute atomic E-state index is 0.0143. The molecule has 58 heavy (non-hydrogen) atoms. The lowest BCUT2D eigenvalue weighted by atomic mass is 10.0. The van der Waals surface area contributed by atoms with E-state index in [1.165, 1.54) is 24.3 Å². The van der Waals surface area contributed by atoms with Crippen molar-refractivity contribution in [2.75, 3.05) is 0 Å². The Kier molecular flexibility index (Phi) is 10.3. The third-order valence-corrected chi connectivity index (χ3v) is 12.3. The molecule has 7 rings (SSSR count). The number of benzene rings is 4. The van der Waals surface area contributed by atoms with Gasteiger partial charge in [0.25, 0.3) is 20.2 Å². The van der Waals surface area contributed by atoms with Gasteiger partial charge in [-0.05, 0) is 0 Å². The van der Waals surface area contributed by atoms with Crippen molar-refractivity contribution in [1.29, 1.82) is 0 Å². The van der Waals surface area contributed by atoms with Gasteiger partial charge >= 0.3 is 20.4 Å². The first-order valence-electron chi connectivity index (χ1n) is 16.2. The summed E-state index contributed by atoms with van der Waals surface area (Å²) in [5.41, 5.74) is -0.579. The van der Waals surface area contributed by atoms with Crippen molar-refractivity contribution in [3.63, 3.8) is 0 Å². The molecule has 4 N–H and O–H groups in total. The summed E-state index contributed by atoms with van der Waals surface area (Å²) in [5.74, 6) is -2.24. The van der Waals surface area contributed by atoms with Crippen LogP contribution < -0.4 is 0 Å². The zero-order chi connectivity index (χ0) is 41.6. The molecule has 0 radical (unpaired) electrons. The van der Waals surface area contributed by atoms with Crippen molar-refractivity contribution in [2.45, 2.75) is 6.04 Å². The average molecular weight is 864 g/mol. The predicted molar refractivity (Wildman–Crippen MR) is 206 cm³/mol. The monoisotopic (exact) mass is 863 g/mol. The first-order valence-corrected chi connectivity index (χ1v) is 22.0. The molecule has 1 aliphatic heterocycles. The van der Waals surface area contributed by atoms with E-state index in [9.17, 15) is 51.9 Å². The molecule has 2 aromatic heterocycles. The molecule has 1 unspecified atom stereocenters. The van der Waals surface area contributed by atoms with E-state index in [0.717, 1.165) is 0 Å². The van der Waals surface area contributed by atoms with Crippen molar-refractivity contribution in [3.05, 3.63) is 148 Å². The maximum atomic E-state index is 13.7. The number of rotatable bonds is 10. The summed E-state index contributed by atoms with van der Waals surface area (Å²) in [6.45, 7) is 0. The molecule has 0 saturated carbocycles. The summed E-state index contributed by atoms with van der Waals surface area (Å²) in [6, 6.07) is 28.9. The van der Waals surface area contributed by atoms with Gasteiger partial charge in [0.15, 0.2) is 16.7 Å². The van der Waals surface area contributed by atoms with Gasteiger partial charge in [-0.25, -0.2) is 14.3 Å². The second-order valence-corrected chi connectivity index (χ2v) is 17.5. The number of nitrogens with zero attached hydrogens (tertiary/aromatic N) is 7. The highest BCUT2D eigenvalue weighted by atomic mass is 32.2. The summed E-state index contributed by atoms with van der Waals surface area (Å²) in [5, 5.41) is 13.7. The second kappa shape index (κ2) is 15.0. The van der Waals surface area contributed by atoms with Crippen molar-refractivity contribution in [1.82, 2.24) is 34.7 Å². The molecule has 0 bridgehead atoms. The first kappa shape index (κ1) is 40.0. The first-order chi connectivity index (χ1) is 27.4. The van der Waals surface area contributed by atoms with E-state index in [1.807, 2.05) is 0 Å². The second-order valence-electron chi connectivity index (χ2n) is 12.1. The number of aromatic nitrogens is 6. The molecule has 19 nitrogen and oxygen atoms in total. The Morgan fingerprint density at radius 3 is 1.22 bits per heavy atom. The molecule has 296 valence electrons. The Balaban J connectivity index is 1.67. The molecule has 0 aliphatic carbocycles. The lowest BCUT2D eigenvalue weighted by molar-refractivity contribution is 0.349. The maximum absolute atomic E-state index is 13.7. The SMILES string of the molecule is O=S(=O)(O)C1=C(S(=O)(=O)O)N(S(=O)(=O)O)C(c2nnc(-c3ccccc3)c(-c3ccccc3)n2)C(S(=O)(=O)O)=C1c1nnc(-c2ccccc2)c(-c2ccccc2)n1.